The van der Waals surface area contributed by atoms with Gasteiger partial charge in [-0.1, -0.05) is 40.0 Å². The summed E-state index contributed by atoms with van der Waals surface area (Å²) in [5, 5.41) is 0. The van der Waals surface area contributed by atoms with Crippen molar-refractivity contribution in [2.45, 2.75) is 44.4 Å². The Hall–Kier alpha value is 0.0100. The molecule has 0 saturated heterocycles. The van der Waals surface area contributed by atoms with E-state index in [1.807, 2.05) is 11.9 Å². The molecule has 0 saturated carbocycles. The van der Waals surface area contributed by atoms with Crippen LogP contribution in [0.15, 0.2) is 22.7 Å². The predicted octanol–water partition coefficient (Wildman–Crippen LogP) is 4.47. The van der Waals surface area contributed by atoms with Crippen LogP contribution in [0.4, 0.5) is 0 Å². The largest absolute Gasteiger partial charge is 0.256 e. The molecule has 1 aliphatic carbocycles. The molecule has 1 aromatic rings. The monoisotopic (exact) mass is 299 g/mol. The van der Waals surface area contributed by atoms with Gasteiger partial charge in [0.2, 0.25) is 0 Å². The van der Waals surface area contributed by atoms with Crippen molar-refractivity contribution in [2.75, 3.05) is 0 Å². The molecule has 0 bridgehead atoms. The van der Waals surface area contributed by atoms with Gasteiger partial charge in [-0.3, -0.25) is 4.72 Å². The number of benzene rings is 1. The molecule has 0 aromatic heterocycles. The van der Waals surface area contributed by atoms with E-state index in [0.717, 1.165) is 0 Å². The van der Waals surface area contributed by atoms with Gasteiger partial charge in [0.25, 0.3) is 0 Å². The Morgan fingerprint density at radius 2 is 2.12 bits per heavy atom. The van der Waals surface area contributed by atoms with Crippen molar-refractivity contribution < 1.29 is 0 Å². The van der Waals surface area contributed by atoms with Gasteiger partial charge >= 0.3 is 0 Å². The fourth-order valence-electron chi connectivity index (χ4n) is 1.98. The van der Waals surface area contributed by atoms with E-state index < -0.39 is 0 Å². The number of halogens is 1. The third-order valence-corrected chi connectivity index (χ3v) is 4.48. The first-order valence-corrected chi connectivity index (χ1v) is 7.29. The van der Waals surface area contributed by atoms with Crippen LogP contribution < -0.4 is 4.72 Å². The SMILES string of the molecule is CC(C)(C)SN[C@H]1CCc2c(Br)cccc21. The Balaban J connectivity index is 2.09. The predicted molar refractivity (Wildman–Crippen MR) is 75.7 cm³/mol. The summed E-state index contributed by atoms with van der Waals surface area (Å²) >= 11 is 5.47. The van der Waals surface area contributed by atoms with Crippen LogP contribution in [0.5, 0.6) is 0 Å². The molecule has 0 fully saturated rings. The molecule has 0 amide bonds. The van der Waals surface area contributed by atoms with Gasteiger partial charge < -0.3 is 0 Å². The smallest absolute Gasteiger partial charge is 0.0428 e. The zero-order valence-corrected chi connectivity index (χ0v) is 12.4. The van der Waals surface area contributed by atoms with Crippen LogP contribution in [0.1, 0.15) is 44.4 Å². The molecule has 1 N–H and O–H groups in total. The van der Waals surface area contributed by atoms with E-state index in [1.165, 1.54) is 28.4 Å². The first kappa shape index (κ1) is 12.5. The Morgan fingerprint density at radius 3 is 2.81 bits per heavy atom. The molecule has 1 aromatic carbocycles. The zero-order valence-electron chi connectivity index (χ0n) is 10.0. The zero-order chi connectivity index (χ0) is 11.8. The summed E-state index contributed by atoms with van der Waals surface area (Å²) in [5.41, 5.74) is 2.95. The van der Waals surface area contributed by atoms with E-state index in [4.69, 9.17) is 0 Å². The molecule has 1 nitrogen and oxygen atoms in total. The first-order chi connectivity index (χ1) is 7.47. The van der Waals surface area contributed by atoms with Crippen LogP contribution in [-0.4, -0.2) is 4.75 Å². The first-order valence-electron chi connectivity index (χ1n) is 5.68. The lowest BCUT2D eigenvalue weighted by molar-refractivity contribution is 0.656. The van der Waals surface area contributed by atoms with Crippen molar-refractivity contribution in [2.24, 2.45) is 0 Å². The summed E-state index contributed by atoms with van der Waals surface area (Å²) in [5.74, 6) is 0. The molecule has 0 unspecified atom stereocenters. The lowest BCUT2D eigenvalue weighted by Gasteiger charge is -2.22. The van der Waals surface area contributed by atoms with Crippen molar-refractivity contribution in [3.8, 4) is 0 Å². The highest BCUT2D eigenvalue weighted by Gasteiger charge is 2.25. The van der Waals surface area contributed by atoms with Crippen molar-refractivity contribution in [1.29, 1.82) is 0 Å². The average molecular weight is 300 g/mol. The molecule has 0 heterocycles. The Kier molecular flexibility index (Phi) is 3.67. The van der Waals surface area contributed by atoms with Crippen LogP contribution in [-0.2, 0) is 6.42 Å². The molecule has 3 heteroatoms. The molecule has 88 valence electrons. The van der Waals surface area contributed by atoms with E-state index in [-0.39, 0.29) is 4.75 Å². The van der Waals surface area contributed by atoms with Crippen molar-refractivity contribution in [1.82, 2.24) is 4.72 Å². The van der Waals surface area contributed by atoms with Crippen LogP contribution in [0, 0.1) is 0 Å². The van der Waals surface area contributed by atoms with E-state index >= 15 is 0 Å². The maximum absolute atomic E-state index is 3.63. The molecule has 1 atom stereocenters. The Labute approximate surface area is 111 Å². The van der Waals surface area contributed by atoms with E-state index in [9.17, 15) is 0 Å². The third-order valence-electron chi connectivity index (χ3n) is 2.72. The fraction of sp³-hybridized carbons (Fsp3) is 0.538. The van der Waals surface area contributed by atoms with Crippen molar-refractivity contribution >= 4 is 27.9 Å². The molecule has 2 rings (SSSR count). The minimum absolute atomic E-state index is 0.273. The van der Waals surface area contributed by atoms with E-state index in [2.05, 4.69) is 59.6 Å². The molecule has 16 heavy (non-hydrogen) atoms. The van der Waals surface area contributed by atoms with Crippen LogP contribution in [0.2, 0.25) is 0 Å². The Morgan fingerprint density at radius 1 is 1.38 bits per heavy atom. The molecule has 1 aliphatic rings. The van der Waals surface area contributed by atoms with Crippen LogP contribution in [0.25, 0.3) is 0 Å². The minimum atomic E-state index is 0.273. The summed E-state index contributed by atoms with van der Waals surface area (Å²) in [7, 11) is 0. The summed E-state index contributed by atoms with van der Waals surface area (Å²) < 4.78 is 5.13. The summed E-state index contributed by atoms with van der Waals surface area (Å²) in [6.07, 6.45) is 2.39. The number of nitrogens with one attached hydrogen (secondary N) is 1. The van der Waals surface area contributed by atoms with Crippen LogP contribution >= 0.6 is 27.9 Å². The highest BCUT2D eigenvalue weighted by molar-refractivity contribution is 9.10. The van der Waals surface area contributed by atoms with E-state index in [1.54, 1.807) is 0 Å². The third kappa shape index (κ3) is 2.82. The second-order valence-electron chi connectivity index (χ2n) is 5.23. The molecular formula is C13H18BrNS. The van der Waals surface area contributed by atoms with E-state index in [0.29, 0.717) is 6.04 Å². The Bertz CT molecular complexity index is 384. The van der Waals surface area contributed by atoms with Gasteiger partial charge in [-0.15, -0.1) is 0 Å². The van der Waals surface area contributed by atoms with Gasteiger partial charge in [-0.25, -0.2) is 0 Å². The number of hydrogen-bond acceptors (Lipinski definition) is 2. The second kappa shape index (κ2) is 4.71. The molecule has 0 radical (unpaired) electrons. The number of hydrogen-bond donors (Lipinski definition) is 1. The molecule has 0 spiro atoms. The normalized spacial score (nSPS) is 19.9. The highest BCUT2D eigenvalue weighted by atomic mass is 79.9. The van der Waals surface area contributed by atoms with Gasteiger partial charge in [0, 0.05) is 15.3 Å². The summed E-state index contributed by atoms with van der Waals surface area (Å²) in [6, 6.07) is 7.02. The summed E-state index contributed by atoms with van der Waals surface area (Å²) in [6.45, 7) is 6.71. The lowest BCUT2D eigenvalue weighted by Crippen LogP contribution is -2.20. The standard InChI is InChI=1S/C13H18BrNS/c1-13(2,3)16-15-12-8-7-9-10(12)5-4-6-11(9)14/h4-6,12,15H,7-8H2,1-3H3/t12-/m0/s1. The average Bonchev–Trinajstić information content (AvgIpc) is 2.58. The van der Waals surface area contributed by atoms with Gasteiger partial charge in [-0.05, 0) is 50.8 Å². The fourth-order valence-corrected chi connectivity index (χ4v) is 3.30. The lowest BCUT2D eigenvalue weighted by atomic mass is 10.1. The van der Waals surface area contributed by atoms with Gasteiger partial charge in [-0.2, -0.15) is 0 Å². The topological polar surface area (TPSA) is 12.0 Å². The number of fused-ring (bicyclic) bond motifs is 1. The minimum Gasteiger partial charge on any atom is -0.256 e. The van der Waals surface area contributed by atoms with Crippen LogP contribution in [0.3, 0.4) is 0 Å². The highest BCUT2D eigenvalue weighted by Crippen LogP contribution is 2.37. The number of rotatable bonds is 2. The van der Waals surface area contributed by atoms with Crippen molar-refractivity contribution in [3.05, 3.63) is 33.8 Å². The second-order valence-corrected chi connectivity index (χ2v) is 7.75. The maximum Gasteiger partial charge on any atom is 0.0428 e. The molecule has 0 aliphatic heterocycles. The quantitative estimate of drug-likeness (QED) is 0.809. The van der Waals surface area contributed by atoms with Gasteiger partial charge in [0.05, 0.1) is 0 Å². The van der Waals surface area contributed by atoms with Gasteiger partial charge in [0.1, 0.15) is 0 Å². The van der Waals surface area contributed by atoms with Crippen molar-refractivity contribution in [3.63, 3.8) is 0 Å². The summed E-state index contributed by atoms with van der Waals surface area (Å²) in [4.78, 5) is 0. The van der Waals surface area contributed by atoms with Gasteiger partial charge in [0.15, 0.2) is 0 Å². The maximum atomic E-state index is 3.63. The molecular weight excluding hydrogens is 282 g/mol.